The van der Waals surface area contributed by atoms with Crippen molar-refractivity contribution in [1.29, 1.82) is 0 Å². The molecular formula is C22H29Cl2N3O3. The average Bonchev–Trinajstić information content (AvgIpc) is 3.07. The van der Waals surface area contributed by atoms with Crippen LogP contribution in [0.5, 0.6) is 0 Å². The first-order valence-electron chi connectivity index (χ1n) is 9.83. The lowest BCUT2D eigenvalue weighted by molar-refractivity contribution is -0.133. The van der Waals surface area contributed by atoms with E-state index in [9.17, 15) is 9.59 Å². The second-order valence-corrected chi connectivity index (χ2v) is 8.53. The zero-order valence-electron chi connectivity index (χ0n) is 17.9. The molecule has 0 radical (unpaired) electrons. The summed E-state index contributed by atoms with van der Waals surface area (Å²) >= 11 is 12.1. The van der Waals surface area contributed by atoms with E-state index in [0.717, 1.165) is 5.69 Å². The number of amides is 2. The number of carbonyl (C=O) groups excluding carboxylic acids is 2. The molecule has 0 aliphatic carbocycles. The highest BCUT2D eigenvalue weighted by atomic mass is 35.5. The molecular weight excluding hydrogens is 425 g/mol. The van der Waals surface area contributed by atoms with Gasteiger partial charge in [-0.3, -0.25) is 9.59 Å². The predicted octanol–water partition coefficient (Wildman–Crippen LogP) is 4.11. The second kappa shape index (κ2) is 11.4. The van der Waals surface area contributed by atoms with E-state index in [4.69, 9.17) is 27.9 Å². The molecule has 0 aliphatic heterocycles. The Kier molecular flexibility index (Phi) is 9.21. The number of nitrogens with zero attached hydrogens (tertiary/aromatic N) is 3. The summed E-state index contributed by atoms with van der Waals surface area (Å²) in [5, 5.41) is 0.763. The van der Waals surface area contributed by atoms with Gasteiger partial charge in [-0.25, -0.2) is 0 Å². The average molecular weight is 454 g/mol. The molecule has 2 rings (SSSR count). The molecule has 0 spiro atoms. The van der Waals surface area contributed by atoms with Gasteiger partial charge in [0.25, 0.3) is 5.91 Å². The van der Waals surface area contributed by atoms with Crippen LogP contribution in [-0.4, -0.2) is 59.5 Å². The van der Waals surface area contributed by atoms with Crippen molar-refractivity contribution in [2.45, 2.75) is 20.4 Å². The van der Waals surface area contributed by atoms with E-state index < -0.39 is 0 Å². The van der Waals surface area contributed by atoms with Crippen molar-refractivity contribution in [3.05, 3.63) is 57.8 Å². The fraction of sp³-hybridized carbons (Fsp3) is 0.455. The topological polar surface area (TPSA) is 54.8 Å². The number of hydrogen-bond acceptors (Lipinski definition) is 3. The molecule has 0 atom stereocenters. The fourth-order valence-corrected chi connectivity index (χ4v) is 3.66. The lowest BCUT2D eigenvalue weighted by Crippen LogP contribution is -2.45. The molecule has 0 fully saturated rings. The lowest BCUT2D eigenvalue weighted by Gasteiger charge is -2.29. The third-order valence-corrected chi connectivity index (χ3v) is 5.07. The summed E-state index contributed by atoms with van der Waals surface area (Å²) in [6.45, 7) is 5.71. The Bertz CT molecular complexity index is 847. The summed E-state index contributed by atoms with van der Waals surface area (Å²) in [5.74, 6) is -0.223. The van der Waals surface area contributed by atoms with Crippen LogP contribution in [0.1, 0.15) is 29.9 Å². The van der Waals surface area contributed by atoms with E-state index in [-0.39, 0.29) is 24.3 Å². The van der Waals surface area contributed by atoms with Crippen LogP contribution >= 0.6 is 23.2 Å². The summed E-state index contributed by atoms with van der Waals surface area (Å²) in [4.78, 5) is 29.6. The van der Waals surface area contributed by atoms with Crippen molar-refractivity contribution >= 4 is 35.0 Å². The van der Waals surface area contributed by atoms with E-state index >= 15 is 0 Å². The molecule has 0 bridgehead atoms. The Morgan fingerprint density at radius 2 is 1.80 bits per heavy atom. The van der Waals surface area contributed by atoms with Crippen LogP contribution in [-0.2, 0) is 23.1 Å². The first-order valence-corrected chi connectivity index (χ1v) is 10.6. The number of rotatable bonds is 10. The molecule has 0 N–H and O–H groups in total. The first kappa shape index (κ1) is 24.3. The van der Waals surface area contributed by atoms with Gasteiger partial charge in [0, 0.05) is 54.7 Å². The Hall–Kier alpha value is -2.02. The van der Waals surface area contributed by atoms with Crippen LogP contribution in [0.2, 0.25) is 10.0 Å². The van der Waals surface area contributed by atoms with Gasteiger partial charge in [0.1, 0.15) is 6.54 Å². The number of hydrogen-bond donors (Lipinski definition) is 0. The Morgan fingerprint density at radius 3 is 2.33 bits per heavy atom. The van der Waals surface area contributed by atoms with Gasteiger partial charge in [-0.15, -0.1) is 0 Å². The van der Waals surface area contributed by atoms with E-state index in [0.29, 0.717) is 41.8 Å². The van der Waals surface area contributed by atoms with Gasteiger partial charge < -0.3 is 19.1 Å². The minimum atomic E-state index is -0.271. The second-order valence-electron chi connectivity index (χ2n) is 7.66. The molecule has 164 valence electrons. The van der Waals surface area contributed by atoms with E-state index in [2.05, 4.69) is 0 Å². The molecule has 2 aromatic rings. The maximum atomic E-state index is 13.2. The van der Waals surface area contributed by atoms with E-state index in [1.165, 1.54) is 0 Å². The Morgan fingerprint density at radius 1 is 1.13 bits per heavy atom. The monoisotopic (exact) mass is 453 g/mol. The van der Waals surface area contributed by atoms with Gasteiger partial charge in [-0.2, -0.15) is 0 Å². The van der Waals surface area contributed by atoms with Crippen LogP contribution < -0.4 is 0 Å². The molecule has 0 aliphatic rings. The maximum absolute atomic E-state index is 13.2. The molecule has 1 aromatic heterocycles. The van der Waals surface area contributed by atoms with Gasteiger partial charge in [0.05, 0.1) is 13.2 Å². The molecule has 0 unspecified atom stereocenters. The number of carbonyl (C=O) groups is 2. The molecule has 2 amide bonds. The smallest absolute Gasteiger partial charge is 0.254 e. The third kappa shape index (κ3) is 7.04. The molecule has 8 heteroatoms. The normalized spacial score (nSPS) is 11.0. The minimum Gasteiger partial charge on any atom is -0.383 e. The first-order chi connectivity index (χ1) is 14.2. The number of ether oxygens (including phenoxy) is 1. The number of methoxy groups -OCH3 is 1. The quantitative estimate of drug-likeness (QED) is 0.543. The summed E-state index contributed by atoms with van der Waals surface area (Å²) in [5.41, 5.74) is 1.37. The lowest BCUT2D eigenvalue weighted by atomic mass is 10.1. The zero-order valence-corrected chi connectivity index (χ0v) is 19.4. The number of aromatic nitrogens is 1. The maximum Gasteiger partial charge on any atom is 0.254 e. The highest BCUT2D eigenvalue weighted by Crippen LogP contribution is 2.21. The molecule has 1 heterocycles. The van der Waals surface area contributed by atoms with Gasteiger partial charge in [0.15, 0.2) is 0 Å². The Labute approximate surface area is 188 Å². The van der Waals surface area contributed by atoms with Crippen LogP contribution in [0.3, 0.4) is 0 Å². The van der Waals surface area contributed by atoms with E-state index in [1.54, 1.807) is 35.1 Å². The summed E-state index contributed by atoms with van der Waals surface area (Å²) < 4.78 is 7.14. The molecule has 6 nitrogen and oxygen atoms in total. The highest BCUT2D eigenvalue weighted by molar-refractivity contribution is 6.35. The fourth-order valence-electron chi connectivity index (χ4n) is 3.13. The SMILES string of the molecule is COCCN(Cc1cccn1C)C(=O)CN(CC(C)C)C(=O)c1cc(Cl)cc(Cl)c1. The van der Waals surface area contributed by atoms with Crippen molar-refractivity contribution in [3.63, 3.8) is 0 Å². The van der Waals surface area contributed by atoms with Crippen LogP contribution in [0.25, 0.3) is 0 Å². The molecule has 0 saturated heterocycles. The van der Waals surface area contributed by atoms with E-state index in [1.807, 2.05) is 43.8 Å². The van der Waals surface area contributed by atoms with Crippen molar-refractivity contribution in [1.82, 2.24) is 14.4 Å². The van der Waals surface area contributed by atoms with Gasteiger partial charge in [0.2, 0.25) is 5.91 Å². The third-order valence-electron chi connectivity index (χ3n) is 4.63. The predicted molar refractivity (Wildman–Crippen MR) is 120 cm³/mol. The molecule has 30 heavy (non-hydrogen) atoms. The van der Waals surface area contributed by atoms with Crippen molar-refractivity contribution in [2.75, 3.05) is 33.4 Å². The Balaban J connectivity index is 2.21. The highest BCUT2D eigenvalue weighted by Gasteiger charge is 2.24. The standard InChI is InChI=1S/C22H29Cl2N3O3/c1-16(2)13-27(22(29)17-10-18(23)12-19(24)11-17)15-21(28)26(8-9-30-4)14-20-6-5-7-25(20)3/h5-7,10-12,16H,8-9,13-15H2,1-4H3. The van der Waals surface area contributed by atoms with Gasteiger partial charge in [-0.05, 0) is 36.2 Å². The largest absolute Gasteiger partial charge is 0.383 e. The molecule has 0 saturated carbocycles. The number of benzene rings is 1. The summed E-state index contributed by atoms with van der Waals surface area (Å²) in [6, 6.07) is 8.62. The summed E-state index contributed by atoms with van der Waals surface area (Å²) in [6.07, 6.45) is 1.94. The number of halogens is 2. The zero-order chi connectivity index (χ0) is 22.3. The van der Waals surface area contributed by atoms with Crippen LogP contribution in [0.15, 0.2) is 36.5 Å². The van der Waals surface area contributed by atoms with Crippen LogP contribution in [0.4, 0.5) is 0 Å². The van der Waals surface area contributed by atoms with Crippen molar-refractivity contribution in [2.24, 2.45) is 13.0 Å². The van der Waals surface area contributed by atoms with Crippen molar-refractivity contribution in [3.8, 4) is 0 Å². The van der Waals surface area contributed by atoms with Crippen molar-refractivity contribution < 1.29 is 14.3 Å². The van der Waals surface area contributed by atoms with Gasteiger partial charge >= 0.3 is 0 Å². The molecule has 1 aromatic carbocycles. The van der Waals surface area contributed by atoms with Gasteiger partial charge in [-0.1, -0.05) is 37.0 Å². The van der Waals surface area contributed by atoms with Crippen LogP contribution in [0, 0.1) is 5.92 Å². The number of aryl methyl sites for hydroxylation is 1. The minimum absolute atomic E-state index is 0.0325. The summed E-state index contributed by atoms with van der Waals surface area (Å²) in [7, 11) is 3.54.